The molecule has 0 aliphatic heterocycles. The van der Waals surface area contributed by atoms with E-state index >= 15 is 0 Å². The number of thioether (sulfide) groups is 1. The van der Waals surface area contributed by atoms with Crippen LogP contribution in [0.4, 0.5) is 0 Å². The van der Waals surface area contributed by atoms with Crippen LogP contribution >= 0.6 is 11.8 Å². The van der Waals surface area contributed by atoms with Gasteiger partial charge in [-0.15, -0.1) is 11.8 Å². The Kier molecular flexibility index (Phi) is 7.60. The van der Waals surface area contributed by atoms with E-state index in [1.807, 2.05) is 0 Å². The van der Waals surface area contributed by atoms with E-state index in [-0.39, 0.29) is 12.0 Å². The van der Waals surface area contributed by atoms with Gasteiger partial charge in [0.05, 0.1) is 11.9 Å². The van der Waals surface area contributed by atoms with Crippen LogP contribution in [0.1, 0.15) is 30.9 Å². The Labute approximate surface area is 119 Å². The molecule has 106 valence electrons. The quantitative estimate of drug-likeness (QED) is 0.720. The molecule has 1 atom stereocenters. The van der Waals surface area contributed by atoms with E-state index in [1.54, 1.807) is 18.7 Å². The van der Waals surface area contributed by atoms with Gasteiger partial charge in [0, 0.05) is 12.3 Å². The largest absolute Gasteiger partial charge is 0.393 e. The summed E-state index contributed by atoms with van der Waals surface area (Å²) in [5.41, 5.74) is 2.50. The van der Waals surface area contributed by atoms with Crippen molar-refractivity contribution in [3.8, 4) is 0 Å². The third-order valence-electron chi connectivity index (χ3n) is 2.74. The molecular weight excluding hydrogens is 258 g/mol. The predicted octanol–water partition coefficient (Wildman–Crippen LogP) is 2.51. The number of amides is 1. The average molecular weight is 281 g/mol. The fourth-order valence-corrected chi connectivity index (χ4v) is 2.44. The Balaban J connectivity index is 2.08. The molecule has 1 amide bonds. The molecule has 0 heterocycles. The Morgan fingerprint density at radius 1 is 1.37 bits per heavy atom. The van der Waals surface area contributed by atoms with Crippen LogP contribution in [0, 0.1) is 6.92 Å². The second kappa shape index (κ2) is 8.99. The lowest BCUT2D eigenvalue weighted by molar-refractivity contribution is -0.118. The molecule has 1 unspecified atom stereocenters. The number of nitrogens with one attached hydrogen (secondary N) is 1. The average Bonchev–Trinajstić information content (AvgIpc) is 2.37. The summed E-state index contributed by atoms with van der Waals surface area (Å²) in [5, 5.41) is 12.0. The lowest BCUT2D eigenvalue weighted by Gasteiger charge is -2.06. The maximum Gasteiger partial charge on any atom is 0.230 e. The summed E-state index contributed by atoms with van der Waals surface area (Å²) in [4.78, 5) is 11.5. The van der Waals surface area contributed by atoms with Gasteiger partial charge in [-0.3, -0.25) is 4.79 Å². The van der Waals surface area contributed by atoms with E-state index in [0.29, 0.717) is 12.3 Å². The van der Waals surface area contributed by atoms with E-state index in [4.69, 9.17) is 5.11 Å². The first-order valence-electron chi connectivity index (χ1n) is 6.66. The van der Waals surface area contributed by atoms with E-state index in [0.717, 1.165) is 18.6 Å². The number of aliphatic hydroxyl groups is 1. The van der Waals surface area contributed by atoms with Crippen LogP contribution in [-0.2, 0) is 10.5 Å². The smallest absolute Gasteiger partial charge is 0.230 e. The molecule has 0 fully saturated rings. The molecule has 1 rings (SSSR count). The van der Waals surface area contributed by atoms with Crippen molar-refractivity contribution in [1.82, 2.24) is 5.32 Å². The second-order valence-electron chi connectivity index (χ2n) is 4.82. The van der Waals surface area contributed by atoms with E-state index in [1.165, 1.54) is 11.1 Å². The molecule has 0 aromatic heterocycles. The topological polar surface area (TPSA) is 49.3 Å². The van der Waals surface area contributed by atoms with Crippen LogP contribution in [0.5, 0.6) is 0 Å². The standard InChI is InChI=1S/C15H23NO2S/c1-12-5-7-14(8-6-12)10-19-11-15(18)16-9-3-4-13(2)17/h5-8,13,17H,3-4,9-11H2,1-2H3,(H,16,18). The van der Waals surface area contributed by atoms with Gasteiger partial charge in [0.15, 0.2) is 0 Å². The zero-order chi connectivity index (χ0) is 14.1. The normalized spacial score (nSPS) is 12.2. The number of aliphatic hydroxyl groups excluding tert-OH is 1. The Morgan fingerprint density at radius 3 is 2.68 bits per heavy atom. The van der Waals surface area contributed by atoms with Crippen molar-refractivity contribution < 1.29 is 9.90 Å². The predicted molar refractivity (Wildman–Crippen MR) is 81.3 cm³/mol. The molecule has 2 N–H and O–H groups in total. The number of hydrogen-bond donors (Lipinski definition) is 2. The summed E-state index contributed by atoms with van der Waals surface area (Å²) in [6.07, 6.45) is 1.27. The lowest BCUT2D eigenvalue weighted by atomic mass is 10.2. The molecule has 19 heavy (non-hydrogen) atoms. The van der Waals surface area contributed by atoms with Crippen molar-refractivity contribution in [2.45, 2.75) is 38.5 Å². The van der Waals surface area contributed by atoms with Gasteiger partial charge in [-0.05, 0) is 32.3 Å². The highest BCUT2D eigenvalue weighted by atomic mass is 32.2. The van der Waals surface area contributed by atoms with Gasteiger partial charge in [0.1, 0.15) is 0 Å². The van der Waals surface area contributed by atoms with Crippen LogP contribution in [0.2, 0.25) is 0 Å². The van der Waals surface area contributed by atoms with E-state index in [2.05, 4.69) is 36.5 Å². The van der Waals surface area contributed by atoms with Gasteiger partial charge in [-0.2, -0.15) is 0 Å². The molecule has 1 aromatic rings. The molecule has 0 saturated carbocycles. The van der Waals surface area contributed by atoms with Crippen LogP contribution < -0.4 is 5.32 Å². The second-order valence-corrected chi connectivity index (χ2v) is 5.81. The number of carbonyl (C=O) groups is 1. The molecule has 0 bridgehead atoms. The minimum absolute atomic E-state index is 0.0719. The highest BCUT2D eigenvalue weighted by Crippen LogP contribution is 2.12. The molecule has 0 aliphatic rings. The first-order chi connectivity index (χ1) is 9.08. The summed E-state index contributed by atoms with van der Waals surface area (Å²) < 4.78 is 0. The van der Waals surface area contributed by atoms with Crippen molar-refractivity contribution in [3.63, 3.8) is 0 Å². The number of aryl methyl sites for hydroxylation is 1. The lowest BCUT2D eigenvalue weighted by Crippen LogP contribution is -2.26. The Morgan fingerprint density at radius 2 is 2.05 bits per heavy atom. The van der Waals surface area contributed by atoms with Gasteiger partial charge in [0.25, 0.3) is 0 Å². The third kappa shape index (κ3) is 7.90. The van der Waals surface area contributed by atoms with Crippen LogP contribution in [0.25, 0.3) is 0 Å². The molecule has 0 aliphatic carbocycles. The van der Waals surface area contributed by atoms with Crippen molar-refractivity contribution in [2.75, 3.05) is 12.3 Å². The molecule has 0 spiro atoms. The molecular formula is C15H23NO2S. The maximum absolute atomic E-state index is 11.5. The molecule has 4 heteroatoms. The van der Waals surface area contributed by atoms with E-state index < -0.39 is 0 Å². The first-order valence-corrected chi connectivity index (χ1v) is 7.81. The van der Waals surface area contributed by atoms with Crippen molar-refractivity contribution in [2.24, 2.45) is 0 Å². The molecule has 1 aromatic carbocycles. The van der Waals surface area contributed by atoms with Crippen LogP contribution in [0.3, 0.4) is 0 Å². The summed E-state index contributed by atoms with van der Waals surface area (Å²) >= 11 is 1.62. The maximum atomic E-state index is 11.5. The summed E-state index contributed by atoms with van der Waals surface area (Å²) in [5.74, 6) is 1.42. The fourth-order valence-electron chi connectivity index (χ4n) is 1.62. The Bertz CT molecular complexity index is 376. The molecule has 0 saturated heterocycles. The fraction of sp³-hybridized carbons (Fsp3) is 0.533. The van der Waals surface area contributed by atoms with Gasteiger partial charge in [-0.1, -0.05) is 29.8 Å². The summed E-state index contributed by atoms with van der Waals surface area (Å²) in [6.45, 7) is 4.48. The van der Waals surface area contributed by atoms with Crippen LogP contribution in [-0.4, -0.2) is 29.4 Å². The van der Waals surface area contributed by atoms with E-state index in [9.17, 15) is 4.79 Å². The number of hydrogen-bond acceptors (Lipinski definition) is 3. The van der Waals surface area contributed by atoms with Gasteiger partial charge < -0.3 is 10.4 Å². The SMILES string of the molecule is Cc1ccc(CSCC(=O)NCCCC(C)O)cc1. The molecule has 0 radical (unpaired) electrons. The van der Waals surface area contributed by atoms with Crippen molar-refractivity contribution in [3.05, 3.63) is 35.4 Å². The van der Waals surface area contributed by atoms with Gasteiger partial charge in [0.2, 0.25) is 5.91 Å². The first kappa shape index (κ1) is 16.1. The number of benzene rings is 1. The van der Waals surface area contributed by atoms with Crippen LogP contribution in [0.15, 0.2) is 24.3 Å². The zero-order valence-electron chi connectivity index (χ0n) is 11.7. The van der Waals surface area contributed by atoms with Gasteiger partial charge in [-0.25, -0.2) is 0 Å². The van der Waals surface area contributed by atoms with Crippen molar-refractivity contribution >= 4 is 17.7 Å². The zero-order valence-corrected chi connectivity index (χ0v) is 12.5. The molecule has 3 nitrogen and oxygen atoms in total. The monoisotopic (exact) mass is 281 g/mol. The minimum atomic E-state index is -0.284. The number of carbonyl (C=O) groups excluding carboxylic acids is 1. The van der Waals surface area contributed by atoms with Gasteiger partial charge >= 0.3 is 0 Å². The highest BCUT2D eigenvalue weighted by molar-refractivity contribution is 7.99. The number of rotatable bonds is 8. The Hall–Kier alpha value is -1.00. The highest BCUT2D eigenvalue weighted by Gasteiger charge is 2.02. The summed E-state index contributed by atoms with van der Waals surface area (Å²) in [6, 6.07) is 8.38. The van der Waals surface area contributed by atoms with Crippen molar-refractivity contribution in [1.29, 1.82) is 0 Å². The summed E-state index contributed by atoms with van der Waals surface area (Å²) in [7, 11) is 0. The third-order valence-corrected chi connectivity index (χ3v) is 3.75. The minimum Gasteiger partial charge on any atom is -0.393 e.